The summed E-state index contributed by atoms with van der Waals surface area (Å²) in [4.78, 5) is 11.6. The van der Waals surface area contributed by atoms with Gasteiger partial charge in [0, 0.05) is 5.57 Å². The van der Waals surface area contributed by atoms with Crippen molar-refractivity contribution >= 4 is 14.3 Å². The van der Waals surface area contributed by atoms with Gasteiger partial charge >= 0.3 is 12.1 Å². The molecule has 0 aromatic rings. The molecule has 0 spiro atoms. The first-order valence-electron chi connectivity index (χ1n) is 20.7. The summed E-state index contributed by atoms with van der Waals surface area (Å²) < 4.78 is 56.1. The predicted octanol–water partition coefficient (Wildman–Crippen LogP) is 12.7. The van der Waals surface area contributed by atoms with Gasteiger partial charge in [-0.15, -0.1) is 0 Å². The number of aliphatic hydroxyl groups excluding tert-OH is 1. The van der Waals surface area contributed by atoms with Gasteiger partial charge < -0.3 is 19.0 Å². The highest BCUT2D eigenvalue weighted by atomic mass is 28.4. The summed E-state index contributed by atoms with van der Waals surface area (Å²) in [6.45, 7) is 13.9. The second-order valence-corrected chi connectivity index (χ2v) is 21.6. The number of unbranched alkanes of at least 4 members (excludes halogenated alkanes) is 18. The fraction of sp³-hybridized carbons (Fsp3) is 0.927. The minimum absolute atomic E-state index is 0.0834. The van der Waals surface area contributed by atoms with E-state index in [1.807, 2.05) is 0 Å². The second kappa shape index (κ2) is 23.7. The van der Waals surface area contributed by atoms with E-state index in [1.165, 1.54) is 83.5 Å². The maximum absolute atomic E-state index is 12.7. The summed E-state index contributed by atoms with van der Waals surface area (Å²) in [6.07, 6.45) is 22.0. The number of hydrogen-bond acceptors (Lipinski definition) is 5. The Morgan fingerprint density at radius 3 is 1.70 bits per heavy atom. The number of rotatable bonds is 28. The van der Waals surface area contributed by atoms with E-state index in [1.54, 1.807) is 0 Å². The zero-order valence-electron chi connectivity index (χ0n) is 32.9. The highest BCUT2D eigenvalue weighted by Gasteiger charge is 2.46. The van der Waals surface area contributed by atoms with E-state index in [9.17, 15) is 23.1 Å². The van der Waals surface area contributed by atoms with Gasteiger partial charge in [-0.25, -0.2) is 4.79 Å². The zero-order chi connectivity index (χ0) is 37.0. The molecule has 1 N–H and O–H groups in total. The first-order chi connectivity index (χ1) is 23.7. The lowest BCUT2D eigenvalue weighted by atomic mass is 10.00. The molecule has 0 aromatic carbocycles. The Balaban J connectivity index is 1.58. The third-order valence-corrected chi connectivity index (χ3v) is 15.9. The molecule has 0 saturated carbocycles. The van der Waals surface area contributed by atoms with Crippen LogP contribution in [0.5, 0.6) is 0 Å². The lowest BCUT2D eigenvalue weighted by molar-refractivity contribution is -0.201. The van der Waals surface area contributed by atoms with Crippen molar-refractivity contribution in [3.63, 3.8) is 0 Å². The zero-order valence-corrected chi connectivity index (χ0v) is 33.9. The summed E-state index contributed by atoms with van der Waals surface area (Å²) in [6, 6.07) is 0. The van der Waals surface area contributed by atoms with Crippen molar-refractivity contribution in [2.45, 2.75) is 243 Å². The second-order valence-electron chi connectivity index (χ2n) is 16.9. The van der Waals surface area contributed by atoms with Gasteiger partial charge in [0.05, 0.1) is 24.4 Å². The van der Waals surface area contributed by atoms with Crippen molar-refractivity contribution in [1.29, 1.82) is 0 Å². The summed E-state index contributed by atoms with van der Waals surface area (Å²) in [5.41, 5.74) is 0.163. The van der Waals surface area contributed by atoms with Crippen molar-refractivity contribution in [2.24, 2.45) is 0 Å². The Labute approximate surface area is 305 Å². The van der Waals surface area contributed by atoms with Crippen molar-refractivity contribution in [2.75, 3.05) is 0 Å². The van der Waals surface area contributed by atoms with Crippen LogP contribution < -0.4 is 0 Å². The first kappa shape index (κ1) is 45.3. The highest BCUT2D eigenvalue weighted by Crippen LogP contribution is 2.40. The molecule has 1 fully saturated rings. The molecule has 0 aromatic heterocycles. The number of hydrogen-bond donors (Lipinski definition) is 1. The van der Waals surface area contributed by atoms with E-state index >= 15 is 0 Å². The van der Waals surface area contributed by atoms with Crippen LogP contribution >= 0.6 is 0 Å². The molecule has 0 radical (unpaired) electrons. The van der Waals surface area contributed by atoms with E-state index in [4.69, 9.17) is 9.16 Å². The first-order valence-corrected chi connectivity index (χ1v) is 23.6. The largest absolute Gasteiger partial charge is 0.445 e. The van der Waals surface area contributed by atoms with Gasteiger partial charge in [-0.05, 0) is 62.7 Å². The third kappa shape index (κ3) is 17.7. The summed E-state index contributed by atoms with van der Waals surface area (Å²) in [7, 11) is -1.94. The van der Waals surface area contributed by atoms with E-state index in [-0.39, 0.29) is 28.9 Å². The Bertz CT molecular complexity index is 947. The molecule has 2 aliphatic rings. The molecule has 1 saturated heterocycles. The number of ether oxygens (including phenoxy) is 2. The molecule has 5 nitrogen and oxygen atoms in total. The normalized spacial score (nSPS) is 21.4. The van der Waals surface area contributed by atoms with Crippen LogP contribution in [0.3, 0.4) is 0 Å². The van der Waals surface area contributed by atoms with E-state index in [0.29, 0.717) is 12.8 Å². The molecule has 0 aliphatic carbocycles. The molecule has 5 atom stereocenters. The van der Waals surface area contributed by atoms with Crippen LogP contribution in [0.4, 0.5) is 13.2 Å². The average Bonchev–Trinajstić information content (AvgIpc) is 3.68. The van der Waals surface area contributed by atoms with Gasteiger partial charge in [0.1, 0.15) is 0 Å². The number of carbonyl (C=O) groups is 1. The molecule has 2 heterocycles. The number of aliphatic hydroxyl groups is 1. The summed E-state index contributed by atoms with van der Waals surface area (Å²) >= 11 is 0. The lowest BCUT2D eigenvalue weighted by Crippen LogP contribution is -2.47. The molecule has 2 aliphatic heterocycles. The maximum Gasteiger partial charge on any atom is 0.429 e. The van der Waals surface area contributed by atoms with Crippen LogP contribution in [0.1, 0.15) is 188 Å². The molecular weight excluding hydrogens is 658 g/mol. The van der Waals surface area contributed by atoms with E-state index in [0.717, 1.165) is 70.3 Å². The van der Waals surface area contributed by atoms with Crippen molar-refractivity contribution in [3.05, 3.63) is 11.6 Å². The van der Waals surface area contributed by atoms with Crippen molar-refractivity contribution in [3.8, 4) is 0 Å². The Morgan fingerprint density at radius 1 is 0.760 bits per heavy atom. The molecule has 0 unspecified atom stereocenters. The van der Waals surface area contributed by atoms with Gasteiger partial charge in [-0.3, -0.25) is 0 Å². The van der Waals surface area contributed by atoms with Gasteiger partial charge in [-0.1, -0.05) is 150 Å². The summed E-state index contributed by atoms with van der Waals surface area (Å²) in [5.74, 6) is -0.824. The monoisotopic (exact) mass is 733 g/mol. The summed E-state index contributed by atoms with van der Waals surface area (Å²) in [5, 5.41) is 11.2. The van der Waals surface area contributed by atoms with Crippen LogP contribution in [0.15, 0.2) is 11.6 Å². The number of alkyl halides is 3. The standard InChI is InChI=1S/C41H75F3O5Si/c1-7-8-9-10-11-12-17-20-23-26-29-37(49-50(5,6)40(2,3)4)36-31-30-35(47-36)34(45)28-25-22-19-16-14-13-15-18-21-24-27-33-32-38(41(42,43)44)48-39(33)46/h32,34-38,45H,7-31H2,1-6H3/t34-,35-,36-,37-,38+/m1/s1. The quantitative estimate of drug-likeness (QED) is 0.0493. The SMILES string of the molecule is CCCCCCCCCCCC[C@@H](O[Si](C)(C)C(C)(C)C)[C@H]1CC[C@H]([C@H](O)CCCCCCCCCCCCC2=C[C@@H](C(F)(F)F)OC2=O)O1. The Hall–Kier alpha value is -0.903. The van der Waals surface area contributed by atoms with Gasteiger partial charge in [-0.2, -0.15) is 13.2 Å². The van der Waals surface area contributed by atoms with Crippen molar-refractivity contribution in [1.82, 2.24) is 0 Å². The molecule has 9 heteroatoms. The number of halogens is 3. The van der Waals surface area contributed by atoms with Crippen LogP contribution in [-0.4, -0.2) is 56.1 Å². The fourth-order valence-corrected chi connectivity index (χ4v) is 8.43. The van der Waals surface area contributed by atoms with Crippen LogP contribution in [0.2, 0.25) is 18.1 Å². The number of esters is 1. The minimum Gasteiger partial charge on any atom is -0.445 e. The number of carbonyl (C=O) groups excluding carboxylic acids is 1. The topological polar surface area (TPSA) is 65.0 Å². The molecule has 294 valence electrons. The van der Waals surface area contributed by atoms with Gasteiger partial charge in [0.25, 0.3) is 0 Å². The molecule has 50 heavy (non-hydrogen) atoms. The van der Waals surface area contributed by atoms with Crippen LogP contribution in [0, 0.1) is 0 Å². The molecule has 0 bridgehead atoms. The van der Waals surface area contributed by atoms with Crippen molar-refractivity contribution < 1.29 is 37.0 Å². The molecular formula is C41H75F3O5Si. The Morgan fingerprint density at radius 2 is 1.22 bits per heavy atom. The van der Waals surface area contributed by atoms with Crippen LogP contribution in [-0.2, 0) is 18.7 Å². The minimum atomic E-state index is -4.53. The maximum atomic E-state index is 12.7. The van der Waals surface area contributed by atoms with E-state index in [2.05, 4.69) is 45.5 Å². The molecule has 2 rings (SSSR count). The fourth-order valence-electron chi connectivity index (χ4n) is 7.05. The Kier molecular flexibility index (Phi) is 21.4. The number of cyclic esters (lactones) is 1. The lowest BCUT2D eigenvalue weighted by Gasteiger charge is -2.41. The highest BCUT2D eigenvalue weighted by molar-refractivity contribution is 6.74. The van der Waals surface area contributed by atoms with Crippen LogP contribution in [0.25, 0.3) is 0 Å². The average molecular weight is 733 g/mol. The van der Waals surface area contributed by atoms with E-state index < -0.39 is 32.7 Å². The van der Waals surface area contributed by atoms with Gasteiger partial charge in [0.2, 0.25) is 6.10 Å². The predicted molar refractivity (Wildman–Crippen MR) is 202 cm³/mol. The third-order valence-electron chi connectivity index (χ3n) is 11.4. The smallest absolute Gasteiger partial charge is 0.429 e. The molecule has 0 amide bonds. The van der Waals surface area contributed by atoms with Gasteiger partial charge in [0.15, 0.2) is 8.32 Å².